The van der Waals surface area contributed by atoms with Gasteiger partial charge >= 0.3 is 0 Å². The smallest absolute Gasteiger partial charge is 0.101 e. The van der Waals surface area contributed by atoms with Crippen molar-refractivity contribution in [3.63, 3.8) is 0 Å². The van der Waals surface area contributed by atoms with E-state index in [-0.39, 0.29) is 0 Å². The van der Waals surface area contributed by atoms with Crippen molar-refractivity contribution in [1.29, 1.82) is 5.26 Å². The van der Waals surface area contributed by atoms with Crippen molar-refractivity contribution in [2.24, 2.45) is 40.4 Å². The van der Waals surface area contributed by atoms with Crippen molar-refractivity contribution in [1.82, 2.24) is 4.90 Å². The number of allylic oxidation sites excluding steroid dienone is 3. The van der Waals surface area contributed by atoms with Gasteiger partial charge in [0.25, 0.3) is 0 Å². The number of unbranched alkanes of at least 4 members (excludes halogenated alkanes) is 2. The summed E-state index contributed by atoms with van der Waals surface area (Å²) in [7, 11) is 2.10. The Balaban J connectivity index is 1.78. The predicted molar refractivity (Wildman–Crippen MR) is 146 cm³/mol. The van der Waals surface area contributed by atoms with Crippen LogP contribution >= 0.6 is 0 Å². The van der Waals surface area contributed by atoms with Crippen LogP contribution in [0.3, 0.4) is 0 Å². The molecule has 0 N–H and O–H groups in total. The zero-order valence-electron chi connectivity index (χ0n) is 23.0. The van der Waals surface area contributed by atoms with Crippen molar-refractivity contribution in [2.75, 3.05) is 13.6 Å². The normalized spacial score (nSPS) is 37.6. The van der Waals surface area contributed by atoms with Crippen molar-refractivity contribution in [3.05, 3.63) is 36.6 Å². The Hall–Kier alpha value is -1.49. The predicted octanol–water partition coefficient (Wildman–Crippen LogP) is 8.92. The summed E-state index contributed by atoms with van der Waals surface area (Å²) < 4.78 is 0. The van der Waals surface area contributed by atoms with Gasteiger partial charge in [0.15, 0.2) is 0 Å². The molecular weight excluding hydrogens is 412 g/mol. The highest BCUT2D eigenvalue weighted by atomic mass is 15.1. The van der Waals surface area contributed by atoms with Gasteiger partial charge in [0.2, 0.25) is 0 Å². The van der Waals surface area contributed by atoms with E-state index >= 15 is 0 Å². The van der Waals surface area contributed by atoms with Gasteiger partial charge in [-0.05, 0) is 91.8 Å². The highest BCUT2D eigenvalue weighted by molar-refractivity contribution is 5.30. The van der Waals surface area contributed by atoms with Crippen LogP contribution in [0.5, 0.6) is 0 Å². The van der Waals surface area contributed by atoms with Gasteiger partial charge in [-0.25, -0.2) is 0 Å². The van der Waals surface area contributed by atoms with Crippen molar-refractivity contribution in [2.45, 2.75) is 105 Å². The van der Waals surface area contributed by atoms with E-state index in [2.05, 4.69) is 52.3 Å². The molecule has 0 saturated heterocycles. The molecular formula is C32H52N2. The van der Waals surface area contributed by atoms with Gasteiger partial charge in [-0.2, -0.15) is 5.26 Å². The van der Waals surface area contributed by atoms with E-state index < -0.39 is 0 Å². The first-order valence-electron chi connectivity index (χ1n) is 14.4. The first-order valence-corrected chi connectivity index (χ1v) is 14.4. The molecule has 0 aromatic heterocycles. The molecule has 6 unspecified atom stereocenters. The quantitative estimate of drug-likeness (QED) is 0.173. The second-order valence-corrected chi connectivity index (χ2v) is 12.6. The third-order valence-electron chi connectivity index (χ3n) is 10.6. The van der Waals surface area contributed by atoms with E-state index in [1.165, 1.54) is 77.0 Å². The fourth-order valence-corrected chi connectivity index (χ4v) is 8.86. The molecule has 0 aromatic carbocycles. The molecule has 2 heteroatoms. The van der Waals surface area contributed by atoms with Crippen LogP contribution in [0.2, 0.25) is 0 Å². The Morgan fingerprint density at radius 3 is 2.44 bits per heavy atom. The van der Waals surface area contributed by atoms with Gasteiger partial charge in [0.05, 0.1) is 5.57 Å². The second-order valence-electron chi connectivity index (χ2n) is 12.6. The first-order chi connectivity index (χ1) is 16.2. The van der Waals surface area contributed by atoms with E-state index in [4.69, 9.17) is 6.58 Å². The fraction of sp³-hybridized carbons (Fsp3) is 0.781. The van der Waals surface area contributed by atoms with Crippen molar-refractivity contribution >= 4 is 0 Å². The minimum absolute atomic E-state index is 0.404. The number of fused-ring (bicyclic) bond motifs is 3. The Morgan fingerprint density at radius 1 is 1.09 bits per heavy atom. The molecule has 0 aliphatic heterocycles. The fourth-order valence-electron chi connectivity index (χ4n) is 8.86. The average Bonchev–Trinajstić information content (AvgIpc) is 3.14. The summed E-state index contributed by atoms with van der Waals surface area (Å²) in [5, 5.41) is 9.23. The van der Waals surface area contributed by atoms with E-state index in [1.807, 2.05) is 6.20 Å². The zero-order valence-corrected chi connectivity index (χ0v) is 23.0. The molecule has 34 heavy (non-hydrogen) atoms. The molecule has 3 aliphatic carbocycles. The number of nitriles is 1. The monoisotopic (exact) mass is 464 g/mol. The first kappa shape index (κ1) is 27.1. The minimum atomic E-state index is 0.404. The van der Waals surface area contributed by atoms with E-state index in [1.54, 1.807) is 11.6 Å². The molecule has 7 atom stereocenters. The second kappa shape index (κ2) is 11.5. The summed E-state index contributed by atoms with van der Waals surface area (Å²) in [6, 6.07) is 2.23. The summed E-state index contributed by atoms with van der Waals surface area (Å²) in [6.07, 6.45) is 19.9. The number of nitrogens with zero attached hydrogens (tertiary/aromatic N) is 2. The lowest BCUT2D eigenvalue weighted by molar-refractivity contribution is -0.0715. The third-order valence-corrected chi connectivity index (χ3v) is 10.6. The Kier molecular flexibility index (Phi) is 9.16. The standard InChI is InChI=1S/C32H52N2/c1-8-11-13-26-14-16-28-29-17-15-27(18-20-34(7)23-25(10-3)22-33)32(29,6)21-24(4)30(28)31(26,5)19-12-9-2/h10,23,26-30H,3-4,8-9,11-21H2,1-2,5-7H3/b25-23+/t26?,27-,28?,29?,30?,31?,32?/m1/s1. The molecule has 190 valence electrons. The highest BCUT2D eigenvalue weighted by Gasteiger charge is 2.60. The Bertz CT molecular complexity index is 787. The maximum absolute atomic E-state index is 9.23. The van der Waals surface area contributed by atoms with Gasteiger partial charge < -0.3 is 4.90 Å². The maximum atomic E-state index is 9.23. The third kappa shape index (κ3) is 5.20. The molecule has 0 radical (unpaired) electrons. The summed E-state index contributed by atoms with van der Waals surface area (Å²) in [4.78, 5) is 2.19. The molecule has 0 spiro atoms. The van der Waals surface area contributed by atoms with Gasteiger partial charge in [-0.15, -0.1) is 0 Å². The maximum Gasteiger partial charge on any atom is 0.101 e. The Morgan fingerprint density at radius 2 is 1.79 bits per heavy atom. The molecule has 0 heterocycles. The van der Waals surface area contributed by atoms with E-state index in [0.29, 0.717) is 16.4 Å². The molecule has 2 nitrogen and oxygen atoms in total. The van der Waals surface area contributed by atoms with Gasteiger partial charge in [0, 0.05) is 19.8 Å². The lowest BCUT2D eigenvalue weighted by Gasteiger charge is -2.60. The van der Waals surface area contributed by atoms with Gasteiger partial charge in [-0.1, -0.05) is 78.2 Å². The van der Waals surface area contributed by atoms with Crippen LogP contribution < -0.4 is 0 Å². The van der Waals surface area contributed by atoms with Crippen LogP contribution in [0.15, 0.2) is 36.6 Å². The molecule has 3 aliphatic rings. The number of hydrogen-bond donors (Lipinski definition) is 0. The van der Waals surface area contributed by atoms with Crippen LogP contribution in [0, 0.1) is 51.8 Å². The van der Waals surface area contributed by atoms with Crippen LogP contribution in [-0.4, -0.2) is 18.5 Å². The van der Waals surface area contributed by atoms with E-state index in [0.717, 1.165) is 36.1 Å². The number of hydrogen-bond acceptors (Lipinski definition) is 2. The Labute approximate surface area is 211 Å². The van der Waals surface area contributed by atoms with E-state index in [9.17, 15) is 5.26 Å². The van der Waals surface area contributed by atoms with Crippen LogP contribution in [0.1, 0.15) is 105 Å². The van der Waals surface area contributed by atoms with Crippen LogP contribution in [-0.2, 0) is 0 Å². The zero-order chi connectivity index (χ0) is 24.9. The molecule has 0 amide bonds. The molecule has 3 saturated carbocycles. The lowest BCUT2D eigenvalue weighted by atomic mass is 9.44. The summed E-state index contributed by atoms with van der Waals surface area (Å²) in [5.41, 5.74) is 3.11. The van der Waals surface area contributed by atoms with Gasteiger partial charge in [-0.3, -0.25) is 0 Å². The topological polar surface area (TPSA) is 27.0 Å². The summed E-state index contributed by atoms with van der Waals surface area (Å²) in [5.74, 6) is 4.10. The number of rotatable bonds is 11. The van der Waals surface area contributed by atoms with Crippen molar-refractivity contribution < 1.29 is 0 Å². The molecule has 3 fully saturated rings. The molecule has 0 aromatic rings. The van der Waals surface area contributed by atoms with Crippen LogP contribution in [0.4, 0.5) is 0 Å². The summed E-state index contributed by atoms with van der Waals surface area (Å²) >= 11 is 0. The largest absolute Gasteiger partial charge is 0.379 e. The summed E-state index contributed by atoms with van der Waals surface area (Å²) in [6.45, 7) is 19.6. The van der Waals surface area contributed by atoms with Crippen LogP contribution in [0.25, 0.3) is 0 Å². The highest BCUT2D eigenvalue weighted by Crippen LogP contribution is 2.68. The average molecular weight is 465 g/mol. The molecule has 3 rings (SSSR count). The lowest BCUT2D eigenvalue weighted by Crippen LogP contribution is -2.52. The minimum Gasteiger partial charge on any atom is -0.379 e. The van der Waals surface area contributed by atoms with Crippen molar-refractivity contribution in [3.8, 4) is 6.07 Å². The van der Waals surface area contributed by atoms with Gasteiger partial charge in [0.1, 0.15) is 6.07 Å². The SMILES string of the molecule is C=C/C(C#N)=C\N(C)CC[C@H]1CCC2C3CCC(CCCC)C(C)(CCCC)C3C(=C)CC21C. The molecule has 0 bridgehead atoms.